The lowest BCUT2D eigenvalue weighted by Gasteiger charge is -2.44. The van der Waals surface area contributed by atoms with Crippen LogP contribution in [0.3, 0.4) is 0 Å². The van der Waals surface area contributed by atoms with Crippen molar-refractivity contribution in [3.63, 3.8) is 0 Å². The summed E-state index contributed by atoms with van der Waals surface area (Å²) in [5.41, 5.74) is 0.638. The number of carbonyl (C=O) groups is 1. The molecule has 2 aliphatic heterocycles. The molecule has 1 unspecified atom stereocenters. The Morgan fingerprint density at radius 2 is 2.21 bits per heavy atom. The Morgan fingerprint density at radius 1 is 1.58 bits per heavy atom. The number of carboxylic acids is 1. The minimum absolute atomic E-state index is 0.0954. The summed E-state index contributed by atoms with van der Waals surface area (Å²) >= 11 is 0. The Kier molecular flexibility index (Phi) is 3.89. The van der Waals surface area contributed by atoms with Gasteiger partial charge in [0.05, 0.1) is 18.2 Å². The third-order valence-electron chi connectivity index (χ3n) is 3.92. The van der Waals surface area contributed by atoms with E-state index in [4.69, 9.17) is 5.11 Å². The fourth-order valence-electron chi connectivity index (χ4n) is 2.68. The average molecular weight is 269 g/mol. The summed E-state index contributed by atoms with van der Waals surface area (Å²) in [5.74, 6) is -0.481. The molecule has 6 heteroatoms. The molecule has 0 saturated carbocycles. The lowest BCUT2D eigenvalue weighted by atomic mass is 9.96. The molecular formula is C13H20FN3O2. The SMILES string of the molecule is CCN1C(C)=NCC(F)=C1C(C)N1CC(C(=O)O)C1. The van der Waals surface area contributed by atoms with E-state index in [9.17, 15) is 9.18 Å². The number of aliphatic imine (C=N–C) groups is 1. The van der Waals surface area contributed by atoms with Gasteiger partial charge in [-0.15, -0.1) is 0 Å². The second kappa shape index (κ2) is 5.28. The molecule has 1 saturated heterocycles. The molecule has 0 radical (unpaired) electrons. The monoisotopic (exact) mass is 269 g/mol. The summed E-state index contributed by atoms with van der Waals surface area (Å²) in [6.45, 7) is 7.49. The molecule has 106 valence electrons. The van der Waals surface area contributed by atoms with E-state index in [1.54, 1.807) is 0 Å². The number of likely N-dealkylation sites (tertiary alicyclic amines) is 1. The number of hydrogen-bond donors (Lipinski definition) is 1. The molecular weight excluding hydrogens is 249 g/mol. The highest BCUT2D eigenvalue weighted by Gasteiger charge is 2.38. The zero-order chi connectivity index (χ0) is 14.2. The van der Waals surface area contributed by atoms with Gasteiger partial charge in [0, 0.05) is 25.7 Å². The molecule has 0 aromatic heterocycles. The predicted molar refractivity (Wildman–Crippen MR) is 70.7 cm³/mol. The van der Waals surface area contributed by atoms with Gasteiger partial charge in [-0.1, -0.05) is 0 Å². The van der Waals surface area contributed by atoms with E-state index >= 15 is 0 Å². The molecule has 0 aromatic carbocycles. The van der Waals surface area contributed by atoms with Gasteiger partial charge in [0.25, 0.3) is 0 Å². The summed E-state index contributed by atoms with van der Waals surface area (Å²) < 4.78 is 14.1. The van der Waals surface area contributed by atoms with Gasteiger partial charge in [-0.2, -0.15) is 0 Å². The summed E-state index contributed by atoms with van der Waals surface area (Å²) in [6, 6.07) is -0.110. The molecule has 2 heterocycles. The number of rotatable bonds is 4. The largest absolute Gasteiger partial charge is 0.481 e. The van der Waals surface area contributed by atoms with Crippen molar-refractivity contribution >= 4 is 11.8 Å². The highest BCUT2D eigenvalue weighted by molar-refractivity contribution is 5.82. The van der Waals surface area contributed by atoms with Crippen LogP contribution >= 0.6 is 0 Å². The third-order valence-corrected chi connectivity index (χ3v) is 3.92. The van der Waals surface area contributed by atoms with E-state index in [0.29, 0.717) is 25.3 Å². The summed E-state index contributed by atoms with van der Waals surface area (Å²) in [4.78, 5) is 18.8. The summed E-state index contributed by atoms with van der Waals surface area (Å²) in [7, 11) is 0. The number of aliphatic carboxylic acids is 1. The molecule has 2 aliphatic rings. The van der Waals surface area contributed by atoms with E-state index in [-0.39, 0.29) is 24.3 Å². The maximum atomic E-state index is 14.1. The Bertz CT molecular complexity index is 441. The van der Waals surface area contributed by atoms with Gasteiger partial charge in [0.15, 0.2) is 0 Å². The van der Waals surface area contributed by atoms with Crippen molar-refractivity contribution in [3.8, 4) is 0 Å². The molecule has 0 bridgehead atoms. The lowest BCUT2D eigenvalue weighted by Crippen LogP contribution is -2.56. The zero-order valence-corrected chi connectivity index (χ0v) is 11.6. The normalized spacial score (nSPS) is 23.2. The number of hydrogen-bond acceptors (Lipinski definition) is 4. The van der Waals surface area contributed by atoms with Crippen molar-refractivity contribution in [2.75, 3.05) is 26.2 Å². The number of halogens is 1. The van der Waals surface area contributed by atoms with Crippen molar-refractivity contribution in [3.05, 3.63) is 11.5 Å². The van der Waals surface area contributed by atoms with Gasteiger partial charge in [-0.05, 0) is 20.8 Å². The van der Waals surface area contributed by atoms with Gasteiger partial charge in [0.1, 0.15) is 11.7 Å². The van der Waals surface area contributed by atoms with Crippen LogP contribution in [0.4, 0.5) is 4.39 Å². The minimum Gasteiger partial charge on any atom is -0.481 e. The Labute approximate surface area is 112 Å². The second-order valence-electron chi connectivity index (χ2n) is 5.06. The van der Waals surface area contributed by atoms with Crippen LogP contribution in [0.15, 0.2) is 16.5 Å². The van der Waals surface area contributed by atoms with Gasteiger partial charge in [-0.25, -0.2) is 4.39 Å². The second-order valence-corrected chi connectivity index (χ2v) is 5.06. The third kappa shape index (κ3) is 2.49. The topological polar surface area (TPSA) is 56.1 Å². The molecule has 0 amide bonds. The minimum atomic E-state index is -0.772. The predicted octanol–water partition coefficient (Wildman–Crippen LogP) is 1.33. The van der Waals surface area contributed by atoms with Crippen molar-refractivity contribution in [1.82, 2.24) is 9.80 Å². The van der Waals surface area contributed by atoms with E-state index in [0.717, 1.165) is 5.84 Å². The quantitative estimate of drug-likeness (QED) is 0.836. The molecule has 19 heavy (non-hydrogen) atoms. The Morgan fingerprint density at radius 3 is 2.74 bits per heavy atom. The maximum absolute atomic E-state index is 14.1. The van der Waals surface area contributed by atoms with Crippen molar-refractivity contribution in [1.29, 1.82) is 0 Å². The van der Waals surface area contributed by atoms with Crippen molar-refractivity contribution < 1.29 is 14.3 Å². The fourth-order valence-corrected chi connectivity index (χ4v) is 2.68. The van der Waals surface area contributed by atoms with Crippen LogP contribution < -0.4 is 0 Å². The van der Waals surface area contributed by atoms with E-state index in [1.807, 2.05) is 30.6 Å². The van der Waals surface area contributed by atoms with Crippen LogP contribution in [0.1, 0.15) is 20.8 Å². The van der Waals surface area contributed by atoms with Crippen LogP contribution in [0.2, 0.25) is 0 Å². The molecule has 1 atom stereocenters. The van der Waals surface area contributed by atoms with Crippen molar-refractivity contribution in [2.24, 2.45) is 10.9 Å². The summed E-state index contributed by atoms with van der Waals surface area (Å²) in [5, 5.41) is 8.89. The maximum Gasteiger partial charge on any atom is 0.309 e. The summed E-state index contributed by atoms with van der Waals surface area (Å²) in [6.07, 6.45) is 0. The first kappa shape index (κ1) is 14.0. The molecule has 0 aromatic rings. The van der Waals surface area contributed by atoms with Gasteiger partial charge in [-0.3, -0.25) is 14.7 Å². The number of amidine groups is 1. The average Bonchev–Trinajstić information content (AvgIpc) is 2.28. The number of nitrogens with zero attached hydrogens (tertiary/aromatic N) is 3. The number of likely N-dealkylation sites (N-methyl/N-ethyl adjacent to an activating group) is 1. The van der Waals surface area contributed by atoms with Crippen LogP contribution in [0, 0.1) is 5.92 Å². The molecule has 1 fully saturated rings. The molecule has 0 spiro atoms. The first-order valence-corrected chi connectivity index (χ1v) is 6.59. The molecule has 1 N–H and O–H groups in total. The standard InChI is InChI=1S/C13H20FN3O2/c1-4-17-9(3)15-5-11(14)12(17)8(2)16-6-10(7-16)13(18)19/h8,10H,4-7H2,1-3H3,(H,18,19). The first-order valence-electron chi connectivity index (χ1n) is 6.59. The van der Waals surface area contributed by atoms with Gasteiger partial charge in [0.2, 0.25) is 0 Å². The van der Waals surface area contributed by atoms with Crippen LogP contribution in [0.5, 0.6) is 0 Å². The highest BCUT2D eigenvalue weighted by Crippen LogP contribution is 2.29. The molecule has 5 nitrogen and oxygen atoms in total. The van der Waals surface area contributed by atoms with Crippen LogP contribution in [-0.4, -0.2) is 58.9 Å². The van der Waals surface area contributed by atoms with Gasteiger partial charge >= 0.3 is 5.97 Å². The highest BCUT2D eigenvalue weighted by atomic mass is 19.1. The fraction of sp³-hybridized carbons (Fsp3) is 0.692. The molecule has 0 aliphatic carbocycles. The lowest BCUT2D eigenvalue weighted by molar-refractivity contribution is -0.148. The van der Waals surface area contributed by atoms with E-state index in [1.165, 1.54) is 0 Å². The van der Waals surface area contributed by atoms with Gasteiger partial charge < -0.3 is 10.0 Å². The van der Waals surface area contributed by atoms with Crippen LogP contribution in [-0.2, 0) is 4.79 Å². The number of carboxylic acid groups (broad SMARTS) is 1. The molecule has 2 rings (SSSR count). The van der Waals surface area contributed by atoms with E-state index < -0.39 is 5.97 Å². The van der Waals surface area contributed by atoms with Crippen LogP contribution in [0.25, 0.3) is 0 Å². The van der Waals surface area contributed by atoms with E-state index in [2.05, 4.69) is 4.99 Å². The Balaban J connectivity index is 2.10. The van der Waals surface area contributed by atoms with Crippen molar-refractivity contribution in [2.45, 2.75) is 26.8 Å². The zero-order valence-electron chi connectivity index (χ0n) is 11.6. The first-order chi connectivity index (χ1) is 8.95. The Hall–Kier alpha value is -1.43. The smallest absolute Gasteiger partial charge is 0.309 e.